The molecular formula is C66H111NO8. The number of hydrogen-bond acceptors (Lipinski definition) is 8. The van der Waals surface area contributed by atoms with Crippen molar-refractivity contribution in [2.24, 2.45) is 0 Å². The topological polar surface area (TPSA) is 111 Å². The predicted molar refractivity (Wildman–Crippen MR) is 315 cm³/mol. The number of carboxylic acid groups (broad SMARTS) is 1. The van der Waals surface area contributed by atoms with Gasteiger partial charge in [-0.3, -0.25) is 9.59 Å². The highest BCUT2D eigenvalue weighted by Crippen LogP contribution is 2.16. The highest BCUT2D eigenvalue weighted by Gasteiger charge is 2.22. The van der Waals surface area contributed by atoms with Gasteiger partial charge >= 0.3 is 11.9 Å². The Hall–Kier alpha value is -4.05. The van der Waals surface area contributed by atoms with Crippen molar-refractivity contribution >= 4 is 17.9 Å². The lowest BCUT2D eigenvalue weighted by Gasteiger charge is -2.26. The van der Waals surface area contributed by atoms with E-state index in [0.717, 1.165) is 109 Å². The van der Waals surface area contributed by atoms with Crippen LogP contribution in [0.3, 0.4) is 0 Å². The zero-order valence-corrected chi connectivity index (χ0v) is 48.6. The molecule has 0 spiro atoms. The average molecular weight is 1050 g/mol. The molecule has 0 saturated carbocycles. The molecule has 2 atom stereocenters. The van der Waals surface area contributed by atoms with Crippen LogP contribution in [0.1, 0.15) is 232 Å². The van der Waals surface area contributed by atoms with Crippen LogP contribution in [0.25, 0.3) is 0 Å². The first-order chi connectivity index (χ1) is 36.6. The predicted octanol–water partition coefficient (Wildman–Crippen LogP) is 16.6. The maximum atomic E-state index is 12.9. The minimum Gasteiger partial charge on any atom is -0.545 e. The van der Waals surface area contributed by atoms with Crippen LogP contribution < -0.4 is 5.11 Å². The first kappa shape index (κ1) is 71.0. The molecule has 0 aromatic carbocycles. The van der Waals surface area contributed by atoms with E-state index in [-0.39, 0.29) is 38.6 Å². The van der Waals surface area contributed by atoms with Crippen molar-refractivity contribution in [3.05, 3.63) is 109 Å². The molecule has 0 aromatic heterocycles. The maximum Gasteiger partial charge on any atom is 0.306 e. The van der Waals surface area contributed by atoms with E-state index in [1.54, 1.807) is 0 Å². The Kier molecular flexibility index (Phi) is 53.1. The molecule has 0 bridgehead atoms. The third-order valence-corrected chi connectivity index (χ3v) is 12.5. The average Bonchev–Trinajstić information content (AvgIpc) is 3.38. The largest absolute Gasteiger partial charge is 0.545 e. The summed E-state index contributed by atoms with van der Waals surface area (Å²) in [4.78, 5) is 37.3. The second-order valence-corrected chi connectivity index (χ2v) is 20.9. The van der Waals surface area contributed by atoms with Crippen molar-refractivity contribution in [1.82, 2.24) is 0 Å². The number of carboxylic acids is 1. The number of nitrogens with zero attached hydrogens (tertiary/aromatic N) is 1. The van der Waals surface area contributed by atoms with Gasteiger partial charge in [0, 0.05) is 12.8 Å². The molecule has 0 saturated heterocycles. The van der Waals surface area contributed by atoms with E-state index in [1.807, 2.05) is 21.1 Å². The Bertz CT molecular complexity index is 1590. The number of allylic oxidation sites excluding steroid dienone is 18. The van der Waals surface area contributed by atoms with Crippen molar-refractivity contribution in [1.29, 1.82) is 0 Å². The van der Waals surface area contributed by atoms with Gasteiger partial charge in [0.15, 0.2) is 12.4 Å². The Labute approximate surface area is 460 Å². The number of quaternary nitrogens is 1. The van der Waals surface area contributed by atoms with Gasteiger partial charge in [-0.15, -0.1) is 0 Å². The lowest BCUT2D eigenvalue weighted by atomic mass is 10.0. The highest BCUT2D eigenvalue weighted by molar-refractivity contribution is 5.70. The molecule has 0 aliphatic heterocycles. The van der Waals surface area contributed by atoms with Crippen molar-refractivity contribution in [3.63, 3.8) is 0 Å². The zero-order valence-electron chi connectivity index (χ0n) is 48.6. The van der Waals surface area contributed by atoms with Crippen molar-refractivity contribution in [2.75, 3.05) is 47.5 Å². The normalized spacial score (nSPS) is 13.6. The van der Waals surface area contributed by atoms with Gasteiger partial charge in [-0.05, 0) is 96.3 Å². The van der Waals surface area contributed by atoms with Crippen LogP contribution in [-0.2, 0) is 33.3 Å². The number of carbonyl (C=O) groups is 3. The molecule has 0 aliphatic rings. The van der Waals surface area contributed by atoms with Crippen LogP contribution in [0, 0.1) is 0 Å². The lowest BCUT2D eigenvalue weighted by molar-refractivity contribution is -0.870. The summed E-state index contributed by atoms with van der Waals surface area (Å²) < 4.78 is 22.7. The standard InChI is InChI=1S/C66H111NO8/c1-6-8-10-12-14-16-18-20-22-24-25-26-27-28-29-30-31-32-33-34-35-36-37-38-39-41-43-45-47-49-51-53-55-57-64(69)75-62(61-74-66(65(70)71)72-59-58-67(3,4)5)60-73-63(68)56-54-52-50-48-46-44-42-40-23-21-19-17-15-13-11-9-7-2/h8-11,14-17,20-23,25-26,28-29,31-32,62,66H,6-7,12-13,18-19,24,27,30,33-61H2,1-5H3/b10-8-,11-9-,16-14-,17-15-,22-20-,23-21-,26-25-,29-28-,32-31-. The molecule has 0 N–H and O–H groups in total. The molecule has 9 heteroatoms. The molecular weight excluding hydrogens is 935 g/mol. The molecule has 0 radical (unpaired) electrons. The van der Waals surface area contributed by atoms with E-state index in [9.17, 15) is 19.5 Å². The summed E-state index contributed by atoms with van der Waals surface area (Å²) in [5.74, 6) is -2.30. The van der Waals surface area contributed by atoms with Gasteiger partial charge < -0.3 is 33.3 Å². The fraction of sp³-hybridized carbons (Fsp3) is 0.682. The van der Waals surface area contributed by atoms with Crippen LogP contribution >= 0.6 is 0 Å². The fourth-order valence-corrected chi connectivity index (χ4v) is 7.97. The Morgan fingerprint density at radius 2 is 0.720 bits per heavy atom. The summed E-state index contributed by atoms with van der Waals surface area (Å²) in [6, 6.07) is 0. The fourth-order valence-electron chi connectivity index (χ4n) is 7.97. The molecule has 0 rings (SSSR count). The van der Waals surface area contributed by atoms with Crippen LogP contribution in [-0.4, -0.2) is 82.3 Å². The molecule has 0 heterocycles. The number of rotatable bonds is 54. The maximum absolute atomic E-state index is 12.9. The van der Waals surface area contributed by atoms with Crippen LogP contribution in [0.2, 0.25) is 0 Å². The Morgan fingerprint density at radius 1 is 0.400 bits per heavy atom. The molecule has 2 unspecified atom stereocenters. The minimum absolute atomic E-state index is 0.141. The lowest BCUT2D eigenvalue weighted by Crippen LogP contribution is -2.44. The first-order valence-electron chi connectivity index (χ1n) is 30.0. The number of likely N-dealkylation sites (N-methyl/N-ethyl adjacent to an activating group) is 1. The van der Waals surface area contributed by atoms with Gasteiger partial charge in [0.05, 0.1) is 40.3 Å². The summed E-state index contributed by atoms with van der Waals surface area (Å²) in [5, 5.41) is 11.8. The third kappa shape index (κ3) is 57.5. The highest BCUT2D eigenvalue weighted by atomic mass is 16.7. The first-order valence-corrected chi connectivity index (χ1v) is 30.0. The minimum atomic E-state index is -1.63. The van der Waals surface area contributed by atoms with Gasteiger partial charge in [-0.25, -0.2) is 0 Å². The van der Waals surface area contributed by atoms with E-state index in [0.29, 0.717) is 17.4 Å². The monoisotopic (exact) mass is 1050 g/mol. The van der Waals surface area contributed by atoms with E-state index >= 15 is 0 Å². The third-order valence-electron chi connectivity index (χ3n) is 12.5. The molecule has 9 nitrogen and oxygen atoms in total. The Morgan fingerprint density at radius 3 is 1.07 bits per heavy atom. The summed E-state index contributed by atoms with van der Waals surface area (Å²) >= 11 is 0. The summed E-state index contributed by atoms with van der Waals surface area (Å²) in [6.07, 6.45) is 74.3. The molecule has 0 aromatic rings. The van der Waals surface area contributed by atoms with Crippen LogP contribution in [0.15, 0.2) is 109 Å². The summed E-state index contributed by atoms with van der Waals surface area (Å²) in [6.45, 7) is 4.51. The SMILES string of the molecule is CC/C=C\C/C=C\C/C=C\C/C=C\C/C=C\C/C=C\CCCCCCCCCCCCCCCCC(=O)OC(COC(=O)CCCCCCCCC/C=C\C/C=C\C/C=C\CC)COC(OCC[N+](C)(C)C)C(=O)[O-]. The van der Waals surface area contributed by atoms with E-state index < -0.39 is 24.3 Å². The zero-order chi connectivity index (χ0) is 54.8. The van der Waals surface area contributed by atoms with Gasteiger partial charge in [-0.2, -0.15) is 0 Å². The van der Waals surface area contributed by atoms with Crippen molar-refractivity contribution in [2.45, 2.75) is 245 Å². The van der Waals surface area contributed by atoms with E-state index in [1.165, 1.54) is 89.9 Å². The molecule has 75 heavy (non-hydrogen) atoms. The smallest absolute Gasteiger partial charge is 0.306 e. The van der Waals surface area contributed by atoms with Gasteiger partial charge in [0.2, 0.25) is 0 Å². The van der Waals surface area contributed by atoms with Crippen LogP contribution in [0.5, 0.6) is 0 Å². The van der Waals surface area contributed by atoms with Crippen LogP contribution in [0.4, 0.5) is 0 Å². The molecule has 0 amide bonds. The van der Waals surface area contributed by atoms with Gasteiger partial charge in [-0.1, -0.05) is 232 Å². The Balaban J connectivity index is 4.18. The number of ether oxygens (including phenoxy) is 4. The summed E-state index contributed by atoms with van der Waals surface area (Å²) in [5.41, 5.74) is 0. The van der Waals surface area contributed by atoms with E-state index in [4.69, 9.17) is 18.9 Å². The number of unbranched alkanes of at least 4 members (excludes halogenated alkanes) is 21. The molecule has 428 valence electrons. The number of aliphatic carboxylic acids is 1. The number of hydrogen-bond donors (Lipinski definition) is 0. The summed E-state index contributed by atoms with van der Waals surface area (Å²) in [7, 11) is 5.91. The van der Waals surface area contributed by atoms with E-state index in [2.05, 4.69) is 123 Å². The second-order valence-electron chi connectivity index (χ2n) is 20.9. The van der Waals surface area contributed by atoms with Gasteiger partial charge in [0.1, 0.15) is 13.2 Å². The second kappa shape index (κ2) is 56.2. The number of esters is 2. The van der Waals surface area contributed by atoms with Gasteiger partial charge in [0.25, 0.3) is 0 Å². The number of carbonyl (C=O) groups excluding carboxylic acids is 3. The van der Waals surface area contributed by atoms with Crippen molar-refractivity contribution < 1.29 is 42.9 Å². The van der Waals surface area contributed by atoms with Crippen molar-refractivity contribution in [3.8, 4) is 0 Å². The quantitative estimate of drug-likeness (QED) is 0.0195. The molecule has 0 fully saturated rings. The molecule has 0 aliphatic carbocycles.